The monoisotopic (exact) mass is 425 g/mol. The Labute approximate surface area is 180 Å². The van der Waals surface area contributed by atoms with Crippen LogP contribution in [0.2, 0.25) is 0 Å². The van der Waals surface area contributed by atoms with E-state index in [1.54, 1.807) is 18.3 Å². The van der Waals surface area contributed by atoms with Gasteiger partial charge in [0.15, 0.2) is 0 Å². The Morgan fingerprint density at radius 1 is 0.933 bits per heavy atom. The van der Waals surface area contributed by atoms with Gasteiger partial charge >= 0.3 is 6.03 Å². The lowest BCUT2D eigenvalue weighted by atomic mass is 9.86. The number of pyridine rings is 1. The van der Waals surface area contributed by atoms with Crippen molar-refractivity contribution in [2.24, 2.45) is 0 Å². The van der Waals surface area contributed by atoms with Crippen molar-refractivity contribution in [3.8, 4) is 11.6 Å². The smallest absolute Gasteiger partial charge is 0.325 e. The van der Waals surface area contributed by atoms with Crippen LogP contribution in [0.4, 0.5) is 15.6 Å². The minimum absolute atomic E-state index is 0.0983. The molecule has 0 saturated heterocycles. The normalized spacial score (nSPS) is 11.8. The van der Waals surface area contributed by atoms with E-state index in [0.717, 1.165) is 10.6 Å². The lowest BCUT2D eigenvalue weighted by Gasteiger charge is -2.22. The van der Waals surface area contributed by atoms with E-state index in [1.165, 1.54) is 11.3 Å². The molecule has 2 amide bonds. The molecule has 0 atom stereocenters. The van der Waals surface area contributed by atoms with Gasteiger partial charge in [0, 0.05) is 17.2 Å². The van der Waals surface area contributed by atoms with Gasteiger partial charge in [-0.15, -0.1) is 10.2 Å². The number of hydrogen-bond donors (Lipinski definition) is 2. The Morgan fingerprint density at radius 3 is 2.33 bits per heavy atom. The summed E-state index contributed by atoms with van der Waals surface area (Å²) in [6, 6.07) is 10.9. The lowest BCUT2D eigenvalue weighted by Crippen LogP contribution is -2.20. The number of hydrogen-bond acceptors (Lipinski definition) is 6. The van der Waals surface area contributed by atoms with Crippen molar-refractivity contribution in [2.75, 3.05) is 10.6 Å². The second-order valence-electron chi connectivity index (χ2n) is 8.95. The summed E-state index contributed by atoms with van der Waals surface area (Å²) in [7, 11) is 0. The highest BCUT2D eigenvalue weighted by atomic mass is 32.1. The number of para-hydroxylation sites is 1. The average molecular weight is 426 g/mol. The zero-order valence-electron chi connectivity index (χ0n) is 18.1. The third-order valence-corrected chi connectivity index (χ3v) is 5.47. The number of carbonyl (C=O) groups is 1. The van der Waals surface area contributed by atoms with Gasteiger partial charge in [0.25, 0.3) is 0 Å². The fourth-order valence-electron chi connectivity index (χ4n) is 2.67. The summed E-state index contributed by atoms with van der Waals surface area (Å²) in [5.74, 6) is 1.02. The summed E-state index contributed by atoms with van der Waals surface area (Å²) < 4.78 is 6.09. The van der Waals surface area contributed by atoms with Crippen LogP contribution in [-0.2, 0) is 10.8 Å². The lowest BCUT2D eigenvalue weighted by molar-refractivity contribution is 0.262. The zero-order valence-corrected chi connectivity index (χ0v) is 18.9. The van der Waals surface area contributed by atoms with E-state index < -0.39 is 6.03 Å². The van der Waals surface area contributed by atoms with Gasteiger partial charge in [0.1, 0.15) is 16.4 Å². The van der Waals surface area contributed by atoms with Gasteiger partial charge in [-0.1, -0.05) is 71.1 Å². The predicted molar refractivity (Wildman–Crippen MR) is 121 cm³/mol. The number of urea groups is 1. The molecule has 1 aromatic carbocycles. The number of anilines is 2. The molecule has 2 heterocycles. The SMILES string of the molecule is CC(C)(C)c1nnc(NC(=O)Nc2cccnc2Oc2ccccc2C(C)(C)C)s1. The Hall–Kier alpha value is -3.00. The van der Waals surface area contributed by atoms with E-state index in [4.69, 9.17) is 4.74 Å². The molecule has 3 aromatic rings. The Kier molecular flexibility index (Phi) is 6.07. The molecule has 0 saturated carbocycles. The number of carbonyl (C=O) groups excluding carboxylic acids is 1. The highest BCUT2D eigenvalue weighted by Crippen LogP contribution is 2.35. The third-order valence-electron chi connectivity index (χ3n) is 4.21. The van der Waals surface area contributed by atoms with Gasteiger partial charge in [-0.25, -0.2) is 9.78 Å². The van der Waals surface area contributed by atoms with Crippen molar-refractivity contribution in [1.82, 2.24) is 15.2 Å². The zero-order chi connectivity index (χ0) is 21.9. The second-order valence-corrected chi connectivity index (χ2v) is 9.92. The molecule has 2 N–H and O–H groups in total. The van der Waals surface area contributed by atoms with Crippen LogP contribution in [0, 0.1) is 0 Å². The molecule has 158 valence electrons. The fraction of sp³-hybridized carbons (Fsp3) is 0.364. The summed E-state index contributed by atoms with van der Waals surface area (Å²) >= 11 is 1.35. The maximum atomic E-state index is 12.5. The summed E-state index contributed by atoms with van der Waals surface area (Å²) in [4.78, 5) is 16.8. The number of rotatable bonds is 4. The number of aromatic nitrogens is 3. The van der Waals surface area contributed by atoms with Crippen molar-refractivity contribution in [1.29, 1.82) is 0 Å². The summed E-state index contributed by atoms with van der Waals surface area (Å²) in [5, 5.41) is 15.0. The van der Waals surface area contributed by atoms with Crippen LogP contribution < -0.4 is 15.4 Å². The van der Waals surface area contributed by atoms with E-state index in [1.807, 2.05) is 45.0 Å². The minimum Gasteiger partial charge on any atom is -0.437 e. The van der Waals surface area contributed by atoms with Crippen molar-refractivity contribution < 1.29 is 9.53 Å². The first-order valence-electron chi connectivity index (χ1n) is 9.68. The quantitative estimate of drug-likeness (QED) is 0.538. The highest BCUT2D eigenvalue weighted by Gasteiger charge is 2.22. The van der Waals surface area contributed by atoms with Gasteiger partial charge < -0.3 is 10.1 Å². The molecular formula is C22H27N5O2S. The molecule has 0 unspecified atom stereocenters. The number of ether oxygens (including phenoxy) is 1. The highest BCUT2D eigenvalue weighted by molar-refractivity contribution is 7.15. The molecule has 0 aliphatic carbocycles. The minimum atomic E-state index is -0.437. The first kappa shape index (κ1) is 21.7. The van der Waals surface area contributed by atoms with Crippen LogP contribution in [0.3, 0.4) is 0 Å². The van der Waals surface area contributed by atoms with Gasteiger partial charge in [0.05, 0.1) is 0 Å². The molecule has 7 nitrogen and oxygen atoms in total. The maximum absolute atomic E-state index is 12.5. The molecule has 8 heteroatoms. The van der Waals surface area contributed by atoms with Crippen molar-refractivity contribution >= 4 is 28.2 Å². The number of nitrogens with zero attached hydrogens (tertiary/aromatic N) is 3. The van der Waals surface area contributed by atoms with Gasteiger partial charge in [-0.3, -0.25) is 5.32 Å². The van der Waals surface area contributed by atoms with Gasteiger partial charge in [-0.2, -0.15) is 0 Å². The number of benzene rings is 1. The van der Waals surface area contributed by atoms with Crippen molar-refractivity contribution in [2.45, 2.75) is 52.4 Å². The first-order valence-corrected chi connectivity index (χ1v) is 10.5. The molecule has 2 aromatic heterocycles. The van der Waals surface area contributed by atoms with E-state index in [9.17, 15) is 4.79 Å². The Bertz CT molecular complexity index is 1030. The van der Waals surface area contributed by atoms with Crippen LogP contribution in [-0.4, -0.2) is 21.2 Å². The predicted octanol–water partition coefficient (Wildman–Crippen LogP) is 5.96. The molecule has 0 spiro atoms. The maximum Gasteiger partial charge on any atom is 0.325 e. The van der Waals surface area contributed by atoms with Crippen LogP contribution >= 0.6 is 11.3 Å². The van der Waals surface area contributed by atoms with Gasteiger partial charge in [0.2, 0.25) is 11.0 Å². The van der Waals surface area contributed by atoms with Crippen LogP contribution in [0.25, 0.3) is 0 Å². The molecule has 0 radical (unpaired) electrons. The topological polar surface area (TPSA) is 89.0 Å². The van der Waals surface area contributed by atoms with Crippen molar-refractivity contribution in [3.05, 3.63) is 53.2 Å². The standard InChI is InChI=1S/C22H27N5O2S/c1-21(2,3)14-10-7-8-12-16(14)29-17-15(11-9-13-23-17)24-19(28)25-20-27-26-18(30-20)22(4,5)6/h7-13H,1-6H3,(H2,24,25,27,28). The van der Waals surface area contributed by atoms with Crippen LogP contribution in [0.5, 0.6) is 11.6 Å². The van der Waals surface area contributed by atoms with E-state index in [0.29, 0.717) is 22.4 Å². The van der Waals surface area contributed by atoms with Gasteiger partial charge in [-0.05, 0) is 23.6 Å². The molecule has 3 rings (SSSR count). The summed E-state index contributed by atoms with van der Waals surface area (Å²) in [5.41, 5.74) is 1.28. The second kappa shape index (κ2) is 8.39. The number of nitrogens with one attached hydrogen (secondary N) is 2. The summed E-state index contributed by atoms with van der Waals surface area (Å²) in [6.45, 7) is 12.5. The largest absolute Gasteiger partial charge is 0.437 e. The molecule has 30 heavy (non-hydrogen) atoms. The Balaban J connectivity index is 1.76. The molecule has 0 aliphatic heterocycles. The Morgan fingerprint density at radius 2 is 1.67 bits per heavy atom. The van der Waals surface area contributed by atoms with Crippen LogP contribution in [0.1, 0.15) is 52.1 Å². The molecule has 0 fully saturated rings. The van der Waals surface area contributed by atoms with Crippen molar-refractivity contribution in [3.63, 3.8) is 0 Å². The fourth-order valence-corrected chi connectivity index (χ4v) is 3.47. The first-order chi connectivity index (χ1) is 14.0. The van der Waals surface area contributed by atoms with E-state index in [2.05, 4.69) is 46.6 Å². The average Bonchev–Trinajstić information content (AvgIpc) is 3.12. The molecule has 0 bridgehead atoms. The number of amides is 2. The van der Waals surface area contributed by atoms with E-state index >= 15 is 0 Å². The molecule has 0 aliphatic rings. The van der Waals surface area contributed by atoms with Crippen LogP contribution in [0.15, 0.2) is 42.6 Å². The summed E-state index contributed by atoms with van der Waals surface area (Å²) in [6.07, 6.45) is 1.62. The molecular weight excluding hydrogens is 398 g/mol. The third kappa shape index (κ3) is 5.33. The van der Waals surface area contributed by atoms with E-state index in [-0.39, 0.29) is 10.8 Å².